The first-order chi connectivity index (χ1) is 9.74. The van der Waals surface area contributed by atoms with Crippen LogP contribution in [0.15, 0.2) is 41.3 Å². The molecule has 100 valence electrons. The molecule has 0 radical (unpaired) electrons. The lowest BCUT2D eigenvalue weighted by Crippen LogP contribution is -2.02. The summed E-state index contributed by atoms with van der Waals surface area (Å²) in [5, 5.41) is 9.90. The van der Waals surface area contributed by atoms with Gasteiger partial charge < -0.3 is 0 Å². The monoisotopic (exact) mass is 299 g/mol. The number of rotatable bonds is 1. The van der Waals surface area contributed by atoms with Gasteiger partial charge in [0, 0.05) is 16.6 Å². The third-order valence-electron chi connectivity index (χ3n) is 3.80. The van der Waals surface area contributed by atoms with Gasteiger partial charge in [0.15, 0.2) is 0 Å². The highest BCUT2D eigenvalue weighted by Gasteiger charge is 2.24. The number of nitriles is 1. The Hall–Kier alpha value is -1.43. The summed E-state index contributed by atoms with van der Waals surface area (Å²) in [6, 6.07) is 14.4. The summed E-state index contributed by atoms with van der Waals surface area (Å²) in [5.41, 5.74) is 4.64. The van der Waals surface area contributed by atoms with Crippen LogP contribution < -0.4 is 0 Å². The van der Waals surface area contributed by atoms with Crippen LogP contribution in [0.25, 0.3) is 0 Å². The third kappa shape index (κ3) is 2.22. The van der Waals surface area contributed by atoms with Crippen LogP contribution in [-0.4, -0.2) is 0 Å². The Kier molecular flexibility index (Phi) is 3.74. The maximum atomic E-state index is 9.07. The quantitative estimate of drug-likeness (QED) is 0.708. The van der Waals surface area contributed by atoms with E-state index in [9.17, 15) is 0 Å². The molecule has 1 nitrogen and oxygen atoms in total. The molecule has 20 heavy (non-hydrogen) atoms. The van der Waals surface area contributed by atoms with Crippen molar-refractivity contribution in [3.63, 3.8) is 0 Å². The summed E-state index contributed by atoms with van der Waals surface area (Å²) in [6.07, 6.45) is 1.03. The van der Waals surface area contributed by atoms with Gasteiger partial charge in [-0.25, -0.2) is 0 Å². The number of benzene rings is 2. The Balaban J connectivity index is 2.19. The summed E-state index contributed by atoms with van der Waals surface area (Å²) in [7, 11) is 0. The van der Waals surface area contributed by atoms with E-state index >= 15 is 0 Å². The molecule has 0 amide bonds. The molecule has 1 atom stereocenters. The highest BCUT2D eigenvalue weighted by molar-refractivity contribution is 7.98. The molecule has 0 bridgehead atoms. The van der Waals surface area contributed by atoms with E-state index in [-0.39, 0.29) is 0 Å². The zero-order chi connectivity index (χ0) is 14.1. The predicted octanol–water partition coefficient (Wildman–Crippen LogP) is 5.36. The molecule has 2 aromatic carbocycles. The van der Waals surface area contributed by atoms with E-state index in [1.165, 1.54) is 21.6 Å². The summed E-state index contributed by atoms with van der Waals surface area (Å²) in [6.45, 7) is 2.20. The lowest BCUT2D eigenvalue weighted by molar-refractivity contribution is 0.759. The highest BCUT2D eigenvalue weighted by atomic mass is 35.5. The fourth-order valence-corrected chi connectivity index (χ4v) is 4.33. The maximum Gasteiger partial charge on any atom is 0.0991 e. The first-order valence-electron chi connectivity index (χ1n) is 6.68. The lowest BCUT2D eigenvalue weighted by Gasteiger charge is -2.18. The van der Waals surface area contributed by atoms with Gasteiger partial charge in [-0.1, -0.05) is 36.7 Å². The molecular formula is C17H14ClNS. The second-order valence-electron chi connectivity index (χ2n) is 4.93. The van der Waals surface area contributed by atoms with Gasteiger partial charge in [-0.15, -0.1) is 11.8 Å². The van der Waals surface area contributed by atoms with Crippen molar-refractivity contribution in [1.29, 1.82) is 5.26 Å². The topological polar surface area (TPSA) is 23.8 Å². The van der Waals surface area contributed by atoms with Gasteiger partial charge in [0.25, 0.3) is 0 Å². The van der Waals surface area contributed by atoms with E-state index in [1.807, 2.05) is 24.3 Å². The van der Waals surface area contributed by atoms with Crippen molar-refractivity contribution in [2.24, 2.45) is 0 Å². The van der Waals surface area contributed by atoms with Crippen LogP contribution in [0.5, 0.6) is 0 Å². The van der Waals surface area contributed by atoms with Gasteiger partial charge in [0.1, 0.15) is 0 Å². The van der Waals surface area contributed by atoms with Crippen LogP contribution in [-0.2, 0) is 5.75 Å². The second-order valence-corrected chi connectivity index (χ2v) is 6.33. The Morgan fingerprint density at radius 1 is 1.30 bits per heavy atom. The van der Waals surface area contributed by atoms with Crippen molar-refractivity contribution in [2.45, 2.75) is 29.9 Å². The molecule has 0 saturated heterocycles. The van der Waals surface area contributed by atoms with Crippen molar-refractivity contribution < 1.29 is 0 Å². The minimum atomic E-state index is 0.362. The Morgan fingerprint density at radius 2 is 2.15 bits per heavy atom. The van der Waals surface area contributed by atoms with Gasteiger partial charge >= 0.3 is 0 Å². The number of hydrogen-bond donors (Lipinski definition) is 0. The molecule has 1 aliphatic rings. The van der Waals surface area contributed by atoms with Crippen LogP contribution in [0.2, 0.25) is 5.02 Å². The van der Waals surface area contributed by atoms with Gasteiger partial charge in [0.2, 0.25) is 0 Å². The fourth-order valence-electron chi connectivity index (χ4n) is 2.85. The summed E-state index contributed by atoms with van der Waals surface area (Å²) in [4.78, 5) is 1.19. The van der Waals surface area contributed by atoms with Crippen LogP contribution in [0, 0.1) is 11.3 Å². The van der Waals surface area contributed by atoms with Crippen LogP contribution in [0.4, 0.5) is 0 Å². The van der Waals surface area contributed by atoms with E-state index in [0.717, 1.165) is 22.8 Å². The first-order valence-corrected chi connectivity index (χ1v) is 8.05. The zero-order valence-electron chi connectivity index (χ0n) is 11.2. The van der Waals surface area contributed by atoms with Gasteiger partial charge in [-0.3, -0.25) is 0 Å². The molecule has 3 heteroatoms. The average Bonchev–Trinajstić information content (AvgIpc) is 2.63. The molecule has 0 spiro atoms. The van der Waals surface area contributed by atoms with E-state index < -0.39 is 0 Å². The molecule has 2 aromatic rings. The molecule has 0 aromatic heterocycles. The molecular weight excluding hydrogens is 286 g/mol. The van der Waals surface area contributed by atoms with Gasteiger partial charge in [-0.05, 0) is 41.3 Å². The number of fused-ring (bicyclic) bond motifs is 2. The normalized spacial score (nSPS) is 16.8. The minimum Gasteiger partial charge on any atom is -0.192 e. The van der Waals surface area contributed by atoms with E-state index in [2.05, 4.69) is 25.1 Å². The Labute approximate surface area is 128 Å². The fraction of sp³-hybridized carbons (Fsp3) is 0.235. The van der Waals surface area contributed by atoms with Crippen molar-refractivity contribution in [3.05, 3.63) is 63.7 Å². The molecule has 1 aliphatic heterocycles. The molecule has 3 rings (SSSR count). The third-order valence-corrected chi connectivity index (χ3v) is 5.43. The van der Waals surface area contributed by atoms with Crippen molar-refractivity contribution in [1.82, 2.24) is 0 Å². The first kappa shape index (κ1) is 13.5. The minimum absolute atomic E-state index is 0.362. The van der Waals surface area contributed by atoms with Crippen molar-refractivity contribution in [2.75, 3.05) is 0 Å². The van der Waals surface area contributed by atoms with Crippen LogP contribution in [0.1, 0.15) is 41.5 Å². The van der Waals surface area contributed by atoms with Gasteiger partial charge in [0.05, 0.1) is 16.7 Å². The zero-order valence-corrected chi connectivity index (χ0v) is 12.8. The van der Waals surface area contributed by atoms with E-state index in [4.69, 9.17) is 16.9 Å². The van der Waals surface area contributed by atoms with Gasteiger partial charge in [-0.2, -0.15) is 5.26 Å². The van der Waals surface area contributed by atoms with Crippen LogP contribution in [0.3, 0.4) is 0 Å². The summed E-state index contributed by atoms with van der Waals surface area (Å²) < 4.78 is 0. The summed E-state index contributed by atoms with van der Waals surface area (Å²) in [5.74, 6) is 1.24. The molecule has 0 N–H and O–H groups in total. The standard InChI is InChI=1S/C17H14ClNS/c1-2-13-14-7-6-11(9-19)8-12(14)10-20-17-15(13)4-3-5-16(17)18/h3-8,13H,2,10H2,1H3. The van der Waals surface area contributed by atoms with E-state index in [0.29, 0.717) is 5.92 Å². The molecule has 1 heterocycles. The summed E-state index contributed by atoms with van der Waals surface area (Å²) >= 11 is 8.14. The Morgan fingerprint density at radius 3 is 2.90 bits per heavy atom. The molecule has 1 unspecified atom stereocenters. The van der Waals surface area contributed by atoms with Crippen molar-refractivity contribution >= 4 is 23.4 Å². The average molecular weight is 300 g/mol. The molecule has 0 saturated carbocycles. The molecule has 0 aliphatic carbocycles. The SMILES string of the molecule is CCC1c2ccc(C#N)cc2CSc2c(Cl)cccc21. The van der Waals surface area contributed by atoms with Crippen LogP contribution >= 0.6 is 23.4 Å². The van der Waals surface area contributed by atoms with E-state index in [1.54, 1.807) is 11.8 Å². The second kappa shape index (κ2) is 5.52. The predicted molar refractivity (Wildman–Crippen MR) is 84.3 cm³/mol. The molecule has 0 fully saturated rings. The maximum absolute atomic E-state index is 9.07. The lowest BCUT2D eigenvalue weighted by atomic mass is 9.86. The number of thioether (sulfide) groups is 1. The number of halogens is 1. The Bertz CT molecular complexity index is 703. The number of hydrogen-bond acceptors (Lipinski definition) is 2. The largest absolute Gasteiger partial charge is 0.192 e. The highest BCUT2D eigenvalue weighted by Crippen LogP contribution is 2.44. The van der Waals surface area contributed by atoms with Crippen molar-refractivity contribution in [3.8, 4) is 6.07 Å². The smallest absolute Gasteiger partial charge is 0.0991 e. The number of nitrogens with zero attached hydrogens (tertiary/aromatic N) is 1.